The molecule has 3 aromatic heterocycles. The van der Waals surface area contributed by atoms with E-state index < -0.39 is 15.6 Å². The fraction of sp³-hybridized carbons (Fsp3) is 0.600. The number of aryl methyl sites for hydroxylation is 1. The van der Waals surface area contributed by atoms with Crippen molar-refractivity contribution in [1.82, 2.24) is 34.4 Å². The number of sulfonamides is 1. The van der Waals surface area contributed by atoms with E-state index in [9.17, 15) is 8.42 Å². The van der Waals surface area contributed by atoms with Crippen LogP contribution in [0.4, 0.5) is 5.69 Å². The van der Waals surface area contributed by atoms with Crippen molar-refractivity contribution in [2.75, 3.05) is 44.3 Å². The van der Waals surface area contributed by atoms with Crippen LogP contribution in [0.3, 0.4) is 0 Å². The van der Waals surface area contributed by atoms with Gasteiger partial charge < -0.3 is 14.1 Å². The zero-order valence-corrected chi connectivity index (χ0v) is 19.4. The van der Waals surface area contributed by atoms with Gasteiger partial charge in [0.2, 0.25) is 21.7 Å². The zero-order chi connectivity index (χ0) is 22.8. The summed E-state index contributed by atoms with van der Waals surface area (Å²) in [4.78, 5) is 4.74. The van der Waals surface area contributed by atoms with Gasteiger partial charge in [0.15, 0.2) is 5.65 Å². The predicted molar refractivity (Wildman–Crippen MR) is 117 cm³/mol. The van der Waals surface area contributed by atoms with Gasteiger partial charge in [0.1, 0.15) is 4.90 Å². The minimum absolute atomic E-state index is 0.151. The first-order valence-corrected chi connectivity index (χ1v) is 12.6. The molecule has 1 saturated carbocycles. The minimum atomic E-state index is -3.76. The molecule has 6 rings (SSSR count). The Labute approximate surface area is 191 Å². The lowest BCUT2D eigenvalue weighted by Gasteiger charge is -2.44. The third-order valence-electron chi connectivity index (χ3n) is 6.65. The van der Waals surface area contributed by atoms with E-state index >= 15 is 0 Å². The van der Waals surface area contributed by atoms with Crippen molar-refractivity contribution in [2.24, 2.45) is 0 Å². The minimum Gasteiger partial charge on any atom is -0.418 e. The summed E-state index contributed by atoms with van der Waals surface area (Å²) in [7, 11) is -3.76. The van der Waals surface area contributed by atoms with E-state index in [4.69, 9.17) is 9.15 Å². The third-order valence-corrected chi connectivity index (χ3v) is 8.25. The summed E-state index contributed by atoms with van der Waals surface area (Å²) in [6, 6.07) is 1.94. The number of fused-ring (bicyclic) bond motifs is 2. The third kappa shape index (κ3) is 3.78. The van der Waals surface area contributed by atoms with Crippen LogP contribution >= 0.6 is 0 Å². The lowest BCUT2D eigenvalue weighted by Crippen LogP contribution is -2.58. The van der Waals surface area contributed by atoms with Gasteiger partial charge >= 0.3 is 0 Å². The molecule has 13 heteroatoms. The van der Waals surface area contributed by atoms with Gasteiger partial charge in [-0.3, -0.25) is 9.30 Å². The molecule has 0 spiro atoms. The van der Waals surface area contributed by atoms with Crippen molar-refractivity contribution in [3.8, 4) is 11.7 Å². The number of nitrogens with one attached hydrogen (secondary N) is 1. The number of ether oxygens (including phenoxy) is 1. The summed E-state index contributed by atoms with van der Waals surface area (Å²) in [5.41, 5.74) is 0.861. The maximum Gasteiger partial charge on any atom is 0.286 e. The normalized spacial score (nSPS) is 23.1. The van der Waals surface area contributed by atoms with E-state index in [0.29, 0.717) is 36.2 Å². The second-order valence-electron chi connectivity index (χ2n) is 9.28. The Morgan fingerprint density at radius 2 is 2.00 bits per heavy atom. The van der Waals surface area contributed by atoms with Crippen molar-refractivity contribution in [1.29, 1.82) is 0 Å². The van der Waals surface area contributed by atoms with Crippen molar-refractivity contribution >= 4 is 21.4 Å². The summed E-state index contributed by atoms with van der Waals surface area (Å²) in [5.74, 6) is 0.886. The fourth-order valence-corrected chi connectivity index (χ4v) is 5.98. The van der Waals surface area contributed by atoms with Crippen LogP contribution in [-0.4, -0.2) is 89.1 Å². The molecule has 0 radical (unpaired) electrons. The van der Waals surface area contributed by atoms with Crippen molar-refractivity contribution in [3.05, 3.63) is 18.2 Å². The number of nitrogens with zero attached hydrogens (tertiary/aromatic N) is 7. The van der Waals surface area contributed by atoms with Crippen LogP contribution in [0.15, 0.2) is 21.6 Å². The zero-order valence-electron chi connectivity index (χ0n) is 18.6. The summed E-state index contributed by atoms with van der Waals surface area (Å²) in [6.45, 7) is 8.26. The van der Waals surface area contributed by atoms with Gasteiger partial charge in [-0.05, 0) is 25.8 Å². The molecule has 2 aliphatic heterocycles. The molecule has 0 bridgehead atoms. The number of aromatic nitrogens is 5. The lowest BCUT2D eigenvalue weighted by molar-refractivity contribution is -0.0116. The molecule has 12 nitrogen and oxygen atoms in total. The molecule has 3 aliphatic rings. The van der Waals surface area contributed by atoms with Gasteiger partial charge in [-0.1, -0.05) is 0 Å². The van der Waals surface area contributed by atoms with Crippen LogP contribution in [0.2, 0.25) is 0 Å². The second kappa shape index (κ2) is 7.45. The van der Waals surface area contributed by atoms with Gasteiger partial charge in [0, 0.05) is 44.8 Å². The maximum absolute atomic E-state index is 13.3. The topological polar surface area (TPSA) is 131 Å². The first-order chi connectivity index (χ1) is 15.8. The van der Waals surface area contributed by atoms with Crippen molar-refractivity contribution in [3.63, 3.8) is 0 Å². The van der Waals surface area contributed by atoms with Gasteiger partial charge in [0.25, 0.3) is 5.89 Å². The SMILES string of the molecule is Cc1nnc(-c2nnc3c(N4CCN5CCOC[C@H]5C4)cc(S(=O)(=O)NC4(C)CC4)cn23)o1. The molecule has 1 aliphatic carbocycles. The highest BCUT2D eigenvalue weighted by molar-refractivity contribution is 7.89. The van der Waals surface area contributed by atoms with Gasteiger partial charge in [-0.2, -0.15) is 0 Å². The summed E-state index contributed by atoms with van der Waals surface area (Å²) in [6.07, 6.45) is 3.18. The Morgan fingerprint density at radius 1 is 1.15 bits per heavy atom. The number of hydrogen-bond donors (Lipinski definition) is 1. The highest BCUT2D eigenvalue weighted by Gasteiger charge is 2.42. The average Bonchev–Trinajstić information content (AvgIpc) is 3.17. The number of hydrogen-bond acceptors (Lipinski definition) is 10. The fourth-order valence-electron chi connectivity index (χ4n) is 4.50. The highest BCUT2D eigenvalue weighted by atomic mass is 32.2. The van der Waals surface area contributed by atoms with Crippen LogP contribution in [0, 0.1) is 6.92 Å². The number of morpholine rings is 1. The molecular formula is C20H26N8O4S. The highest BCUT2D eigenvalue weighted by Crippen LogP contribution is 2.37. The number of piperazine rings is 1. The molecular weight excluding hydrogens is 448 g/mol. The molecule has 1 N–H and O–H groups in total. The first-order valence-electron chi connectivity index (χ1n) is 11.1. The number of anilines is 1. The molecule has 176 valence electrons. The molecule has 0 aromatic carbocycles. The van der Waals surface area contributed by atoms with E-state index in [-0.39, 0.29) is 16.8 Å². The Hall–Kier alpha value is -2.61. The Balaban J connectivity index is 1.47. The van der Waals surface area contributed by atoms with Crippen molar-refractivity contribution < 1.29 is 17.6 Å². The molecule has 33 heavy (non-hydrogen) atoms. The Kier molecular flexibility index (Phi) is 4.73. The second-order valence-corrected chi connectivity index (χ2v) is 11.0. The molecule has 3 aromatic rings. The smallest absolute Gasteiger partial charge is 0.286 e. The Morgan fingerprint density at radius 3 is 2.76 bits per heavy atom. The van der Waals surface area contributed by atoms with Crippen molar-refractivity contribution in [2.45, 2.75) is 43.2 Å². The van der Waals surface area contributed by atoms with Gasteiger partial charge in [-0.25, -0.2) is 13.1 Å². The molecule has 1 atom stereocenters. The number of rotatable bonds is 5. The molecule has 5 heterocycles. The quantitative estimate of drug-likeness (QED) is 0.556. The largest absolute Gasteiger partial charge is 0.418 e. The van der Waals surface area contributed by atoms with E-state index in [1.807, 2.05) is 6.92 Å². The molecule has 0 unspecified atom stereocenters. The van der Waals surface area contributed by atoms with E-state index in [1.165, 1.54) is 6.20 Å². The maximum atomic E-state index is 13.3. The monoisotopic (exact) mass is 474 g/mol. The summed E-state index contributed by atoms with van der Waals surface area (Å²) < 4.78 is 42.3. The number of pyridine rings is 1. The van der Waals surface area contributed by atoms with Crippen LogP contribution in [-0.2, 0) is 14.8 Å². The van der Waals surface area contributed by atoms with E-state index in [1.54, 1.807) is 17.4 Å². The lowest BCUT2D eigenvalue weighted by atomic mass is 10.1. The van der Waals surface area contributed by atoms with Crippen LogP contribution in [0.25, 0.3) is 17.4 Å². The van der Waals surface area contributed by atoms with Gasteiger partial charge in [-0.15, -0.1) is 20.4 Å². The van der Waals surface area contributed by atoms with Crippen LogP contribution < -0.4 is 9.62 Å². The van der Waals surface area contributed by atoms with Gasteiger partial charge in [0.05, 0.1) is 24.9 Å². The first kappa shape index (κ1) is 21.0. The van der Waals surface area contributed by atoms with E-state index in [2.05, 4.69) is 34.9 Å². The molecule has 0 amide bonds. The van der Waals surface area contributed by atoms with Crippen LogP contribution in [0.5, 0.6) is 0 Å². The average molecular weight is 475 g/mol. The summed E-state index contributed by atoms with van der Waals surface area (Å²) >= 11 is 0. The standard InChI is InChI=1S/C20H26N8O4S/c1-13-21-24-19(32-13)18-23-22-17-16(27-6-5-26-7-8-31-12-14(26)10-27)9-15(11-28(17)18)33(29,30)25-20(2)3-4-20/h9,11,14,25H,3-8,10,12H2,1-2H3/t14-/m1/s1. The molecule has 3 fully saturated rings. The molecule has 2 saturated heterocycles. The van der Waals surface area contributed by atoms with E-state index in [0.717, 1.165) is 39.1 Å². The predicted octanol–water partition coefficient (Wildman–Crippen LogP) is 0.439. The van der Waals surface area contributed by atoms with Crippen LogP contribution in [0.1, 0.15) is 25.7 Å². The summed E-state index contributed by atoms with van der Waals surface area (Å²) in [5, 5.41) is 16.6. The Bertz CT molecular complexity index is 1310.